The van der Waals surface area contributed by atoms with Crippen LogP contribution in [0.2, 0.25) is 0 Å². The Morgan fingerprint density at radius 3 is 2.65 bits per heavy atom. The Bertz CT molecular complexity index is 457. The summed E-state index contributed by atoms with van der Waals surface area (Å²) in [5.41, 5.74) is 0.504. The molecule has 0 radical (unpaired) electrons. The van der Waals surface area contributed by atoms with Crippen LogP contribution in [0.3, 0.4) is 0 Å². The van der Waals surface area contributed by atoms with Crippen LogP contribution in [0, 0.1) is 5.82 Å². The molecule has 0 unspecified atom stereocenters. The summed E-state index contributed by atoms with van der Waals surface area (Å²) in [5.74, 6) is -0.379. The van der Waals surface area contributed by atoms with E-state index in [-0.39, 0.29) is 30.5 Å². The molecule has 0 aromatic heterocycles. The number of benzene rings is 1. The van der Waals surface area contributed by atoms with Crippen LogP contribution in [0.25, 0.3) is 0 Å². The molecule has 1 amide bonds. The lowest BCUT2D eigenvalue weighted by molar-refractivity contribution is -0.126. The number of carbonyl (C=O) groups excluding carboxylic acids is 1. The van der Waals surface area contributed by atoms with E-state index in [1.165, 1.54) is 6.07 Å². The van der Waals surface area contributed by atoms with E-state index in [9.17, 15) is 9.18 Å². The van der Waals surface area contributed by atoms with Crippen LogP contribution in [0.15, 0.2) is 24.3 Å². The van der Waals surface area contributed by atoms with E-state index >= 15 is 0 Å². The topological polar surface area (TPSA) is 41.6 Å². The highest BCUT2D eigenvalue weighted by Gasteiger charge is 2.23. The lowest BCUT2D eigenvalue weighted by Gasteiger charge is -2.34. The normalized spacial score (nSPS) is 23.6. The molecular weight excluding hydrogens is 259 g/mol. The van der Waals surface area contributed by atoms with E-state index < -0.39 is 0 Å². The van der Waals surface area contributed by atoms with Gasteiger partial charge in [-0.3, -0.25) is 9.69 Å². The average molecular weight is 280 g/mol. The van der Waals surface area contributed by atoms with Crippen molar-refractivity contribution in [3.63, 3.8) is 0 Å². The van der Waals surface area contributed by atoms with E-state index in [0.717, 1.165) is 13.1 Å². The lowest BCUT2D eigenvalue weighted by Crippen LogP contribution is -2.49. The first-order valence-corrected chi connectivity index (χ1v) is 6.92. The Morgan fingerprint density at radius 1 is 1.35 bits per heavy atom. The molecule has 1 aliphatic rings. The van der Waals surface area contributed by atoms with Gasteiger partial charge in [-0.2, -0.15) is 0 Å². The second-order valence-corrected chi connectivity index (χ2v) is 5.32. The molecule has 2 rings (SSSR count). The van der Waals surface area contributed by atoms with Crippen LogP contribution >= 0.6 is 0 Å². The molecule has 1 N–H and O–H groups in total. The summed E-state index contributed by atoms with van der Waals surface area (Å²) >= 11 is 0. The molecule has 0 saturated carbocycles. The standard InChI is InChI=1S/C15H21FN2O2/c1-11-8-18(9-12(2)20-11)10-15(19)17-7-13-5-3-4-6-14(13)16/h3-6,11-12H,7-10H2,1-2H3,(H,17,19)/t11-,12-/m1/s1. The van der Waals surface area contributed by atoms with E-state index in [1.807, 2.05) is 13.8 Å². The fourth-order valence-electron chi connectivity index (χ4n) is 2.51. The molecule has 5 heteroatoms. The van der Waals surface area contributed by atoms with E-state index in [0.29, 0.717) is 12.1 Å². The Balaban J connectivity index is 1.79. The molecule has 1 aromatic rings. The zero-order valence-electron chi connectivity index (χ0n) is 11.9. The Kier molecular flexibility index (Phi) is 5.09. The summed E-state index contributed by atoms with van der Waals surface area (Å²) in [5, 5.41) is 2.76. The third-order valence-electron chi connectivity index (χ3n) is 3.30. The Morgan fingerprint density at radius 2 is 2.00 bits per heavy atom. The smallest absolute Gasteiger partial charge is 0.234 e. The van der Waals surface area contributed by atoms with Gasteiger partial charge in [0.25, 0.3) is 0 Å². The van der Waals surface area contributed by atoms with Crippen LogP contribution in [-0.4, -0.2) is 42.6 Å². The summed E-state index contributed by atoms with van der Waals surface area (Å²) < 4.78 is 19.0. The first kappa shape index (κ1) is 14.9. The van der Waals surface area contributed by atoms with E-state index in [1.54, 1.807) is 18.2 Å². The van der Waals surface area contributed by atoms with Crippen molar-refractivity contribution in [2.24, 2.45) is 0 Å². The number of nitrogens with zero attached hydrogens (tertiary/aromatic N) is 1. The molecule has 1 aliphatic heterocycles. The minimum atomic E-state index is -0.290. The minimum absolute atomic E-state index is 0.0884. The van der Waals surface area contributed by atoms with Gasteiger partial charge in [-0.15, -0.1) is 0 Å². The first-order chi connectivity index (χ1) is 9.54. The van der Waals surface area contributed by atoms with Gasteiger partial charge in [0.05, 0.1) is 18.8 Å². The van der Waals surface area contributed by atoms with Crippen LogP contribution in [0.1, 0.15) is 19.4 Å². The van der Waals surface area contributed by atoms with Crippen LogP contribution in [0.5, 0.6) is 0 Å². The Hall–Kier alpha value is -1.46. The maximum atomic E-state index is 13.4. The molecule has 2 atom stereocenters. The summed E-state index contributed by atoms with van der Waals surface area (Å²) in [4.78, 5) is 14.0. The maximum absolute atomic E-state index is 13.4. The highest BCUT2D eigenvalue weighted by molar-refractivity contribution is 5.78. The van der Waals surface area contributed by atoms with Crippen molar-refractivity contribution >= 4 is 5.91 Å². The van der Waals surface area contributed by atoms with Gasteiger partial charge < -0.3 is 10.1 Å². The molecule has 1 aromatic carbocycles. The van der Waals surface area contributed by atoms with Gasteiger partial charge in [-0.05, 0) is 19.9 Å². The maximum Gasteiger partial charge on any atom is 0.234 e. The zero-order chi connectivity index (χ0) is 14.5. The predicted molar refractivity (Wildman–Crippen MR) is 74.7 cm³/mol. The number of ether oxygens (including phenoxy) is 1. The molecule has 110 valence electrons. The fraction of sp³-hybridized carbons (Fsp3) is 0.533. The van der Waals surface area contributed by atoms with Crippen molar-refractivity contribution in [2.75, 3.05) is 19.6 Å². The van der Waals surface area contributed by atoms with Gasteiger partial charge in [-0.1, -0.05) is 18.2 Å². The number of nitrogens with one attached hydrogen (secondary N) is 1. The molecule has 0 aliphatic carbocycles. The summed E-state index contributed by atoms with van der Waals surface area (Å²) in [6.45, 7) is 6.04. The van der Waals surface area contributed by atoms with E-state index in [2.05, 4.69) is 10.2 Å². The van der Waals surface area contributed by atoms with Gasteiger partial charge in [-0.25, -0.2) is 4.39 Å². The highest BCUT2D eigenvalue weighted by atomic mass is 19.1. The fourth-order valence-corrected chi connectivity index (χ4v) is 2.51. The van der Waals surface area contributed by atoms with Crippen molar-refractivity contribution in [3.8, 4) is 0 Å². The molecule has 0 bridgehead atoms. The number of hydrogen-bond donors (Lipinski definition) is 1. The second-order valence-electron chi connectivity index (χ2n) is 5.32. The largest absolute Gasteiger partial charge is 0.373 e. The highest BCUT2D eigenvalue weighted by Crippen LogP contribution is 2.10. The van der Waals surface area contributed by atoms with Crippen molar-refractivity contribution in [2.45, 2.75) is 32.6 Å². The SMILES string of the molecule is C[C@@H]1CN(CC(=O)NCc2ccccc2F)C[C@@H](C)O1. The molecular formula is C15H21FN2O2. The average Bonchev–Trinajstić information content (AvgIpc) is 2.36. The van der Waals surface area contributed by atoms with Gasteiger partial charge in [0, 0.05) is 25.2 Å². The summed E-state index contributed by atoms with van der Waals surface area (Å²) in [6.07, 6.45) is 0.274. The number of amides is 1. The molecule has 1 fully saturated rings. The third kappa shape index (κ3) is 4.28. The Labute approximate surface area is 118 Å². The molecule has 0 spiro atoms. The molecule has 4 nitrogen and oxygen atoms in total. The van der Waals surface area contributed by atoms with Crippen LogP contribution < -0.4 is 5.32 Å². The first-order valence-electron chi connectivity index (χ1n) is 6.92. The predicted octanol–water partition coefficient (Wildman–Crippen LogP) is 1.55. The molecule has 20 heavy (non-hydrogen) atoms. The molecule has 1 heterocycles. The van der Waals surface area contributed by atoms with Crippen LogP contribution in [-0.2, 0) is 16.1 Å². The molecule has 1 saturated heterocycles. The summed E-state index contributed by atoms with van der Waals surface area (Å²) in [7, 11) is 0. The van der Waals surface area contributed by atoms with Crippen molar-refractivity contribution < 1.29 is 13.9 Å². The summed E-state index contributed by atoms with van der Waals surface area (Å²) in [6, 6.07) is 6.47. The number of carbonyl (C=O) groups is 1. The third-order valence-corrected chi connectivity index (χ3v) is 3.30. The number of halogens is 1. The van der Waals surface area contributed by atoms with Gasteiger partial charge in [0.1, 0.15) is 5.82 Å². The van der Waals surface area contributed by atoms with E-state index in [4.69, 9.17) is 4.74 Å². The van der Waals surface area contributed by atoms with Crippen molar-refractivity contribution in [1.82, 2.24) is 10.2 Å². The second kappa shape index (κ2) is 6.81. The van der Waals surface area contributed by atoms with Gasteiger partial charge in [0.2, 0.25) is 5.91 Å². The van der Waals surface area contributed by atoms with Gasteiger partial charge in [0.15, 0.2) is 0 Å². The quantitative estimate of drug-likeness (QED) is 0.910. The zero-order valence-corrected chi connectivity index (χ0v) is 11.9. The number of morpholine rings is 1. The monoisotopic (exact) mass is 280 g/mol. The minimum Gasteiger partial charge on any atom is -0.373 e. The van der Waals surface area contributed by atoms with Crippen molar-refractivity contribution in [1.29, 1.82) is 0 Å². The van der Waals surface area contributed by atoms with Crippen molar-refractivity contribution in [3.05, 3.63) is 35.6 Å². The van der Waals surface area contributed by atoms with Crippen LogP contribution in [0.4, 0.5) is 4.39 Å². The number of hydrogen-bond acceptors (Lipinski definition) is 3. The number of rotatable bonds is 4. The van der Waals surface area contributed by atoms with Gasteiger partial charge >= 0.3 is 0 Å². The lowest BCUT2D eigenvalue weighted by atomic mass is 10.2.